The highest BCUT2D eigenvalue weighted by molar-refractivity contribution is 6.31. The first-order chi connectivity index (χ1) is 10.6. The van der Waals surface area contributed by atoms with E-state index in [0.717, 1.165) is 18.4 Å². The van der Waals surface area contributed by atoms with Crippen LogP contribution in [0.15, 0.2) is 24.3 Å². The molecule has 120 valence electrons. The summed E-state index contributed by atoms with van der Waals surface area (Å²) in [6, 6.07) is 7.19. The minimum atomic E-state index is -0.914. The van der Waals surface area contributed by atoms with Crippen LogP contribution in [0, 0.1) is 0 Å². The number of carbonyl (C=O) groups excluding carboxylic acids is 1. The van der Waals surface area contributed by atoms with E-state index in [4.69, 9.17) is 21.4 Å². The number of ether oxygens (including phenoxy) is 1. The summed E-state index contributed by atoms with van der Waals surface area (Å²) in [6.07, 6.45) is 2.00. The van der Waals surface area contributed by atoms with E-state index in [1.807, 2.05) is 18.2 Å². The van der Waals surface area contributed by atoms with Gasteiger partial charge < -0.3 is 14.7 Å². The molecule has 6 heteroatoms. The Morgan fingerprint density at radius 1 is 1.36 bits per heavy atom. The number of aliphatic carboxylic acids is 1. The van der Waals surface area contributed by atoms with Crippen molar-refractivity contribution in [2.45, 2.75) is 31.8 Å². The van der Waals surface area contributed by atoms with Crippen LogP contribution in [0.5, 0.6) is 0 Å². The van der Waals surface area contributed by atoms with Gasteiger partial charge in [-0.2, -0.15) is 0 Å². The molecular formula is C16H20ClNO4. The first kappa shape index (κ1) is 16.8. The standard InChI is InChI=1S/C16H20ClNO4/c17-14-6-2-1-4-12(14)10-15(19)18(8-7-16(20)21)11-13-5-3-9-22-13/h1-2,4,6,13H,3,5,7-11H2,(H,20,21). The molecule has 1 saturated heterocycles. The van der Waals surface area contributed by atoms with Crippen LogP contribution in [0.25, 0.3) is 0 Å². The van der Waals surface area contributed by atoms with E-state index < -0.39 is 5.97 Å². The molecule has 5 nitrogen and oxygen atoms in total. The van der Waals surface area contributed by atoms with Crippen molar-refractivity contribution < 1.29 is 19.4 Å². The Hall–Kier alpha value is -1.59. The van der Waals surface area contributed by atoms with Crippen LogP contribution in [0.4, 0.5) is 0 Å². The SMILES string of the molecule is O=C(O)CCN(CC1CCCO1)C(=O)Cc1ccccc1Cl. The van der Waals surface area contributed by atoms with Gasteiger partial charge in [0.25, 0.3) is 0 Å². The second kappa shape index (κ2) is 8.15. The molecule has 22 heavy (non-hydrogen) atoms. The summed E-state index contributed by atoms with van der Waals surface area (Å²) in [5.74, 6) is -1.03. The highest BCUT2D eigenvalue weighted by Crippen LogP contribution is 2.18. The number of hydrogen-bond donors (Lipinski definition) is 1. The fourth-order valence-electron chi connectivity index (χ4n) is 2.50. The molecule has 1 N–H and O–H groups in total. The van der Waals surface area contributed by atoms with E-state index >= 15 is 0 Å². The van der Waals surface area contributed by atoms with Gasteiger partial charge in [0.05, 0.1) is 18.9 Å². The Morgan fingerprint density at radius 3 is 2.77 bits per heavy atom. The van der Waals surface area contributed by atoms with Crippen LogP contribution in [-0.4, -0.2) is 47.7 Å². The summed E-state index contributed by atoms with van der Waals surface area (Å²) in [6.45, 7) is 1.34. The number of nitrogens with zero attached hydrogens (tertiary/aromatic N) is 1. The van der Waals surface area contributed by atoms with Crippen molar-refractivity contribution in [3.05, 3.63) is 34.9 Å². The number of carbonyl (C=O) groups is 2. The van der Waals surface area contributed by atoms with Gasteiger partial charge in [-0.3, -0.25) is 9.59 Å². The molecule has 0 spiro atoms. The summed E-state index contributed by atoms with van der Waals surface area (Å²) in [7, 11) is 0. The van der Waals surface area contributed by atoms with Crippen molar-refractivity contribution in [2.24, 2.45) is 0 Å². The Balaban J connectivity index is 2.00. The van der Waals surface area contributed by atoms with Gasteiger partial charge in [0.1, 0.15) is 0 Å². The number of benzene rings is 1. The summed E-state index contributed by atoms with van der Waals surface area (Å²) < 4.78 is 5.55. The smallest absolute Gasteiger partial charge is 0.305 e. The van der Waals surface area contributed by atoms with E-state index in [0.29, 0.717) is 18.2 Å². The van der Waals surface area contributed by atoms with E-state index in [1.165, 1.54) is 0 Å². The summed E-state index contributed by atoms with van der Waals surface area (Å²) in [4.78, 5) is 24.8. The molecule has 0 aromatic heterocycles. The first-order valence-electron chi connectivity index (χ1n) is 7.41. The minimum Gasteiger partial charge on any atom is -0.481 e. The molecule has 1 atom stereocenters. The Labute approximate surface area is 134 Å². The molecule has 1 aliphatic rings. The predicted molar refractivity (Wildman–Crippen MR) is 83.0 cm³/mol. The van der Waals surface area contributed by atoms with Crippen molar-refractivity contribution in [3.8, 4) is 0 Å². The third-order valence-corrected chi connectivity index (χ3v) is 4.06. The minimum absolute atomic E-state index is 0.00369. The third-order valence-electron chi connectivity index (χ3n) is 3.70. The topological polar surface area (TPSA) is 66.8 Å². The number of halogens is 1. The zero-order chi connectivity index (χ0) is 15.9. The lowest BCUT2D eigenvalue weighted by atomic mass is 10.1. The molecule has 0 saturated carbocycles. The van der Waals surface area contributed by atoms with E-state index in [9.17, 15) is 9.59 Å². The van der Waals surface area contributed by atoms with E-state index in [-0.39, 0.29) is 31.4 Å². The quantitative estimate of drug-likeness (QED) is 0.835. The van der Waals surface area contributed by atoms with Gasteiger partial charge in [0, 0.05) is 24.7 Å². The summed E-state index contributed by atoms with van der Waals surface area (Å²) >= 11 is 6.08. The van der Waals surface area contributed by atoms with Gasteiger partial charge in [-0.25, -0.2) is 0 Å². The van der Waals surface area contributed by atoms with Crippen LogP contribution < -0.4 is 0 Å². The molecule has 1 aromatic rings. The lowest BCUT2D eigenvalue weighted by Crippen LogP contribution is -2.39. The van der Waals surface area contributed by atoms with Gasteiger partial charge in [-0.1, -0.05) is 29.8 Å². The van der Waals surface area contributed by atoms with Crippen molar-refractivity contribution in [1.29, 1.82) is 0 Å². The fourth-order valence-corrected chi connectivity index (χ4v) is 2.70. The van der Waals surface area contributed by atoms with E-state index in [2.05, 4.69) is 0 Å². The molecule has 1 aromatic carbocycles. The fraction of sp³-hybridized carbons (Fsp3) is 0.500. The Bertz CT molecular complexity index is 529. The van der Waals surface area contributed by atoms with Crippen LogP contribution in [-0.2, 0) is 20.7 Å². The monoisotopic (exact) mass is 325 g/mol. The first-order valence-corrected chi connectivity index (χ1v) is 7.78. The van der Waals surface area contributed by atoms with Gasteiger partial charge in [0.15, 0.2) is 0 Å². The van der Waals surface area contributed by atoms with Gasteiger partial charge in [-0.15, -0.1) is 0 Å². The number of rotatable bonds is 7. The van der Waals surface area contributed by atoms with Crippen LogP contribution in [0.2, 0.25) is 5.02 Å². The van der Waals surface area contributed by atoms with Gasteiger partial charge in [-0.05, 0) is 24.5 Å². The Kier molecular flexibility index (Phi) is 6.21. The molecule has 1 heterocycles. The average molecular weight is 326 g/mol. The average Bonchev–Trinajstić information content (AvgIpc) is 2.98. The summed E-state index contributed by atoms with van der Waals surface area (Å²) in [5.41, 5.74) is 0.752. The lowest BCUT2D eigenvalue weighted by molar-refractivity contribution is -0.139. The zero-order valence-corrected chi connectivity index (χ0v) is 13.1. The van der Waals surface area contributed by atoms with Gasteiger partial charge >= 0.3 is 5.97 Å². The van der Waals surface area contributed by atoms with E-state index in [1.54, 1.807) is 11.0 Å². The van der Waals surface area contributed by atoms with Crippen LogP contribution in [0.3, 0.4) is 0 Å². The molecule has 1 fully saturated rings. The molecule has 1 aliphatic heterocycles. The molecule has 0 bridgehead atoms. The highest BCUT2D eigenvalue weighted by atomic mass is 35.5. The van der Waals surface area contributed by atoms with Gasteiger partial charge in [0.2, 0.25) is 5.91 Å². The third kappa shape index (κ3) is 5.00. The number of carboxylic acids is 1. The molecular weight excluding hydrogens is 306 g/mol. The number of amides is 1. The van der Waals surface area contributed by atoms with Crippen LogP contribution in [0.1, 0.15) is 24.8 Å². The molecule has 2 rings (SSSR count). The second-order valence-corrected chi connectivity index (χ2v) is 5.79. The highest BCUT2D eigenvalue weighted by Gasteiger charge is 2.23. The largest absolute Gasteiger partial charge is 0.481 e. The second-order valence-electron chi connectivity index (χ2n) is 5.39. The van der Waals surface area contributed by atoms with Crippen LogP contribution >= 0.6 is 11.6 Å². The summed E-state index contributed by atoms with van der Waals surface area (Å²) in [5, 5.41) is 9.40. The maximum absolute atomic E-state index is 12.5. The van der Waals surface area contributed by atoms with Crippen molar-refractivity contribution in [3.63, 3.8) is 0 Å². The molecule has 0 aliphatic carbocycles. The molecule has 1 unspecified atom stereocenters. The number of carboxylic acid groups (broad SMARTS) is 1. The lowest BCUT2D eigenvalue weighted by Gasteiger charge is -2.25. The zero-order valence-electron chi connectivity index (χ0n) is 12.3. The predicted octanol–water partition coefficient (Wildman–Crippen LogP) is 2.36. The maximum atomic E-state index is 12.5. The van der Waals surface area contributed by atoms with Crippen molar-refractivity contribution >= 4 is 23.5 Å². The molecule has 1 amide bonds. The van der Waals surface area contributed by atoms with Crippen molar-refractivity contribution in [2.75, 3.05) is 19.7 Å². The molecule has 0 radical (unpaired) electrons. The number of hydrogen-bond acceptors (Lipinski definition) is 3. The maximum Gasteiger partial charge on any atom is 0.305 e. The Morgan fingerprint density at radius 2 is 2.14 bits per heavy atom. The normalized spacial score (nSPS) is 17.4. The van der Waals surface area contributed by atoms with Crippen molar-refractivity contribution in [1.82, 2.24) is 4.90 Å².